The van der Waals surface area contributed by atoms with Crippen LogP contribution in [0.15, 0.2) is 53.4 Å². The van der Waals surface area contributed by atoms with Gasteiger partial charge < -0.3 is 10.1 Å². The number of ether oxygens (including phenoxy) is 1. The molecule has 0 aliphatic heterocycles. The van der Waals surface area contributed by atoms with E-state index in [4.69, 9.17) is 16.3 Å². The molecule has 112 valence electrons. The van der Waals surface area contributed by atoms with Gasteiger partial charge in [0.15, 0.2) is 0 Å². The highest BCUT2D eigenvalue weighted by Crippen LogP contribution is 2.29. The molecule has 0 heterocycles. The van der Waals surface area contributed by atoms with Crippen LogP contribution < -0.4 is 10.1 Å². The number of hydrogen-bond donors (Lipinski definition) is 1. The summed E-state index contributed by atoms with van der Waals surface area (Å²) in [5.41, 5.74) is 1.11. The highest BCUT2D eigenvalue weighted by atomic mass is 35.5. The first-order chi connectivity index (χ1) is 10.3. The van der Waals surface area contributed by atoms with Gasteiger partial charge in [-0.15, -0.1) is 11.8 Å². The summed E-state index contributed by atoms with van der Waals surface area (Å²) in [4.78, 5) is 1.26. The Balaban J connectivity index is 1.87. The van der Waals surface area contributed by atoms with Crippen molar-refractivity contribution in [3.63, 3.8) is 0 Å². The van der Waals surface area contributed by atoms with Gasteiger partial charge in [-0.25, -0.2) is 0 Å². The van der Waals surface area contributed by atoms with Crippen molar-refractivity contribution in [2.75, 3.05) is 18.9 Å². The molecule has 21 heavy (non-hydrogen) atoms. The van der Waals surface area contributed by atoms with Crippen molar-refractivity contribution in [1.82, 2.24) is 5.32 Å². The molecule has 0 amide bonds. The molecule has 0 spiro atoms. The van der Waals surface area contributed by atoms with Crippen LogP contribution in [0.2, 0.25) is 5.02 Å². The first-order valence-corrected chi connectivity index (χ1v) is 8.46. The van der Waals surface area contributed by atoms with Crippen molar-refractivity contribution in [2.45, 2.75) is 18.4 Å². The molecular weight excluding hydrogens is 302 g/mol. The fraction of sp³-hybridized carbons (Fsp3) is 0.294. The summed E-state index contributed by atoms with van der Waals surface area (Å²) in [6.07, 6.45) is 0. The van der Waals surface area contributed by atoms with E-state index in [-0.39, 0.29) is 0 Å². The van der Waals surface area contributed by atoms with Gasteiger partial charge in [0.25, 0.3) is 0 Å². The van der Waals surface area contributed by atoms with Gasteiger partial charge in [0.1, 0.15) is 5.75 Å². The molecule has 2 rings (SSSR count). The van der Waals surface area contributed by atoms with Crippen LogP contribution in [0, 0.1) is 0 Å². The molecule has 4 heteroatoms. The second-order valence-electron chi connectivity index (χ2n) is 4.52. The summed E-state index contributed by atoms with van der Waals surface area (Å²) < 4.78 is 5.89. The SMILES string of the molecule is CCNCc1cccc(Cl)c1OCCSc1ccccc1. The minimum Gasteiger partial charge on any atom is -0.491 e. The first-order valence-electron chi connectivity index (χ1n) is 7.10. The van der Waals surface area contributed by atoms with Crippen LogP contribution in [0.25, 0.3) is 0 Å². The van der Waals surface area contributed by atoms with Gasteiger partial charge in [-0.2, -0.15) is 0 Å². The first kappa shape index (κ1) is 16.2. The summed E-state index contributed by atoms with van der Waals surface area (Å²) in [5.74, 6) is 1.70. The predicted octanol–water partition coefficient (Wildman–Crippen LogP) is 4.62. The van der Waals surface area contributed by atoms with E-state index in [2.05, 4.69) is 24.4 Å². The zero-order valence-corrected chi connectivity index (χ0v) is 13.7. The predicted molar refractivity (Wildman–Crippen MR) is 91.5 cm³/mol. The molecule has 0 aromatic heterocycles. The Morgan fingerprint density at radius 2 is 1.90 bits per heavy atom. The molecular formula is C17H20ClNOS. The summed E-state index contributed by atoms with van der Waals surface area (Å²) in [5, 5.41) is 3.98. The van der Waals surface area contributed by atoms with Crippen molar-refractivity contribution in [2.24, 2.45) is 0 Å². The summed E-state index contributed by atoms with van der Waals surface area (Å²) in [6, 6.07) is 16.2. The molecule has 0 radical (unpaired) electrons. The van der Waals surface area contributed by atoms with Gasteiger partial charge in [0, 0.05) is 22.8 Å². The lowest BCUT2D eigenvalue weighted by atomic mass is 10.2. The van der Waals surface area contributed by atoms with Crippen LogP contribution in [0.3, 0.4) is 0 Å². The van der Waals surface area contributed by atoms with E-state index in [1.165, 1.54) is 4.90 Å². The number of thioether (sulfide) groups is 1. The third-order valence-corrected chi connectivity index (χ3v) is 4.23. The van der Waals surface area contributed by atoms with Crippen LogP contribution in [-0.2, 0) is 6.54 Å². The highest BCUT2D eigenvalue weighted by molar-refractivity contribution is 7.99. The molecule has 1 N–H and O–H groups in total. The van der Waals surface area contributed by atoms with E-state index in [1.54, 1.807) is 11.8 Å². The molecule has 0 saturated carbocycles. The Kier molecular flexibility index (Phi) is 6.93. The van der Waals surface area contributed by atoms with Gasteiger partial charge >= 0.3 is 0 Å². The van der Waals surface area contributed by atoms with Crippen molar-refractivity contribution < 1.29 is 4.74 Å². The molecule has 0 aliphatic carbocycles. The topological polar surface area (TPSA) is 21.3 Å². The van der Waals surface area contributed by atoms with Gasteiger partial charge in [0.05, 0.1) is 11.6 Å². The molecule has 0 aliphatic rings. The minimum absolute atomic E-state index is 0.641. The molecule has 2 aromatic rings. The molecule has 2 aromatic carbocycles. The van der Waals surface area contributed by atoms with E-state index >= 15 is 0 Å². The number of nitrogens with one attached hydrogen (secondary N) is 1. The lowest BCUT2D eigenvalue weighted by Crippen LogP contribution is -2.13. The lowest BCUT2D eigenvalue weighted by Gasteiger charge is -2.13. The van der Waals surface area contributed by atoms with E-state index in [9.17, 15) is 0 Å². The van der Waals surface area contributed by atoms with Gasteiger partial charge in [0.2, 0.25) is 0 Å². The number of hydrogen-bond acceptors (Lipinski definition) is 3. The molecule has 2 nitrogen and oxygen atoms in total. The molecule has 0 bridgehead atoms. The van der Waals surface area contributed by atoms with Crippen molar-refractivity contribution in [1.29, 1.82) is 0 Å². The zero-order chi connectivity index (χ0) is 14.9. The van der Waals surface area contributed by atoms with Crippen LogP contribution in [0.5, 0.6) is 5.75 Å². The van der Waals surface area contributed by atoms with Crippen LogP contribution in [0.4, 0.5) is 0 Å². The molecule has 0 fully saturated rings. The second kappa shape index (κ2) is 8.98. The maximum absolute atomic E-state index is 6.24. The minimum atomic E-state index is 0.641. The normalized spacial score (nSPS) is 10.6. The monoisotopic (exact) mass is 321 g/mol. The standard InChI is InChI=1S/C17H20ClNOS/c1-2-19-13-14-7-6-10-16(18)17(14)20-11-12-21-15-8-4-3-5-9-15/h3-10,19H,2,11-13H2,1H3. The van der Waals surface area contributed by atoms with Gasteiger partial charge in [-0.05, 0) is 24.7 Å². The average Bonchev–Trinajstić information content (AvgIpc) is 2.52. The van der Waals surface area contributed by atoms with Crippen LogP contribution in [0.1, 0.15) is 12.5 Å². The van der Waals surface area contributed by atoms with E-state index in [1.807, 2.05) is 36.4 Å². The molecule has 0 saturated heterocycles. The fourth-order valence-corrected chi connectivity index (χ4v) is 2.93. The highest BCUT2D eigenvalue weighted by Gasteiger charge is 2.08. The van der Waals surface area contributed by atoms with Crippen molar-refractivity contribution >= 4 is 23.4 Å². The number of halogens is 1. The third-order valence-electron chi connectivity index (χ3n) is 2.96. The van der Waals surface area contributed by atoms with Gasteiger partial charge in [-0.1, -0.05) is 48.9 Å². The Labute approximate surface area is 135 Å². The average molecular weight is 322 g/mol. The van der Waals surface area contributed by atoms with Crippen LogP contribution >= 0.6 is 23.4 Å². The Bertz CT molecular complexity index is 548. The van der Waals surface area contributed by atoms with E-state index in [0.717, 1.165) is 30.2 Å². The summed E-state index contributed by atoms with van der Waals surface area (Å²) in [6.45, 7) is 4.43. The smallest absolute Gasteiger partial charge is 0.142 e. The number of rotatable bonds is 8. The largest absolute Gasteiger partial charge is 0.491 e. The van der Waals surface area contributed by atoms with Crippen molar-refractivity contribution in [3.05, 3.63) is 59.1 Å². The fourth-order valence-electron chi connectivity index (χ4n) is 1.93. The zero-order valence-electron chi connectivity index (χ0n) is 12.1. The maximum Gasteiger partial charge on any atom is 0.142 e. The Hall–Kier alpha value is -1.16. The Morgan fingerprint density at radius 3 is 2.67 bits per heavy atom. The summed E-state index contributed by atoms with van der Waals surface area (Å²) >= 11 is 8.03. The number of para-hydroxylation sites is 1. The third kappa shape index (κ3) is 5.27. The molecule has 0 unspecified atom stereocenters. The van der Waals surface area contributed by atoms with Crippen LogP contribution in [-0.4, -0.2) is 18.9 Å². The maximum atomic E-state index is 6.24. The molecule has 0 atom stereocenters. The number of benzene rings is 2. The quantitative estimate of drug-likeness (QED) is 0.566. The Morgan fingerprint density at radius 1 is 1.10 bits per heavy atom. The second-order valence-corrected chi connectivity index (χ2v) is 6.09. The van der Waals surface area contributed by atoms with Gasteiger partial charge in [-0.3, -0.25) is 0 Å². The van der Waals surface area contributed by atoms with Crippen molar-refractivity contribution in [3.8, 4) is 5.75 Å². The lowest BCUT2D eigenvalue weighted by molar-refractivity contribution is 0.339. The van der Waals surface area contributed by atoms with E-state index < -0.39 is 0 Å². The van der Waals surface area contributed by atoms with E-state index in [0.29, 0.717) is 11.6 Å². The summed E-state index contributed by atoms with van der Waals surface area (Å²) in [7, 11) is 0.